The van der Waals surface area contributed by atoms with Crippen LogP contribution in [0.25, 0.3) is 65.8 Å². The lowest BCUT2D eigenvalue weighted by molar-refractivity contribution is 0.659. The number of rotatable bonds is 2. The standard InChI is InChI=1S/C38H27N/c1-38(2)33-19-10-22-39-37(33)32-21-20-25(23-34(32)38)35-28-14-5-7-16-30(28)36(31-17-8-6-15-29(31)35)27-18-9-12-24-11-3-4-13-26(24)27/h3-23H,1-2H3. The number of aromatic nitrogens is 1. The summed E-state index contributed by atoms with van der Waals surface area (Å²) in [6.45, 7) is 4.64. The molecule has 0 bridgehead atoms. The van der Waals surface area contributed by atoms with Crippen molar-refractivity contribution in [2.75, 3.05) is 0 Å². The Morgan fingerprint density at radius 1 is 0.487 bits per heavy atom. The van der Waals surface area contributed by atoms with Crippen LogP contribution in [0.4, 0.5) is 0 Å². The molecule has 8 rings (SSSR count). The molecular weight excluding hydrogens is 470 g/mol. The third-order valence-electron chi connectivity index (χ3n) is 8.71. The van der Waals surface area contributed by atoms with Crippen molar-refractivity contribution < 1.29 is 0 Å². The Labute approximate surface area is 228 Å². The SMILES string of the molecule is CC1(C)c2cc(-c3c4ccccc4c(-c4cccc5ccccc45)c4ccccc34)ccc2-c2ncccc21. The Morgan fingerprint density at radius 3 is 1.82 bits per heavy atom. The highest BCUT2D eigenvalue weighted by Gasteiger charge is 2.36. The van der Waals surface area contributed by atoms with Gasteiger partial charge in [0.15, 0.2) is 0 Å². The summed E-state index contributed by atoms with van der Waals surface area (Å²) in [5, 5.41) is 7.68. The molecule has 0 saturated carbocycles. The van der Waals surface area contributed by atoms with Crippen LogP contribution in [-0.4, -0.2) is 4.98 Å². The molecule has 0 aliphatic heterocycles. The molecule has 0 spiro atoms. The van der Waals surface area contributed by atoms with Gasteiger partial charge in [0, 0.05) is 17.2 Å². The topological polar surface area (TPSA) is 12.9 Å². The average Bonchev–Trinajstić information content (AvgIpc) is 3.21. The summed E-state index contributed by atoms with van der Waals surface area (Å²) in [5.41, 5.74) is 10.1. The molecule has 1 aliphatic carbocycles. The van der Waals surface area contributed by atoms with Crippen molar-refractivity contribution in [2.45, 2.75) is 19.3 Å². The second kappa shape index (κ2) is 8.12. The molecular formula is C38H27N. The molecule has 0 N–H and O–H groups in total. The fraction of sp³-hybridized carbons (Fsp3) is 0.0789. The summed E-state index contributed by atoms with van der Waals surface area (Å²) in [4.78, 5) is 4.77. The molecule has 0 unspecified atom stereocenters. The fourth-order valence-corrected chi connectivity index (χ4v) is 6.87. The summed E-state index contributed by atoms with van der Waals surface area (Å²) in [5.74, 6) is 0. The zero-order chi connectivity index (χ0) is 26.1. The van der Waals surface area contributed by atoms with Crippen LogP contribution in [0.3, 0.4) is 0 Å². The van der Waals surface area contributed by atoms with Crippen molar-refractivity contribution in [1.29, 1.82) is 0 Å². The molecule has 0 atom stereocenters. The normalized spacial score (nSPS) is 13.6. The summed E-state index contributed by atoms with van der Waals surface area (Å²) in [6.07, 6.45) is 1.91. The molecule has 7 aromatic rings. The van der Waals surface area contributed by atoms with Gasteiger partial charge in [0.1, 0.15) is 0 Å². The summed E-state index contributed by atoms with van der Waals surface area (Å²) < 4.78 is 0. The fourth-order valence-electron chi connectivity index (χ4n) is 6.87. The molecule has 0 radical (unpaired) electrons. The largest absolute Gasteiger partial charge is 0.256 e. The van der Waals surface area contributed by atoms with Crippen LogP contribution in [0.5, 0.6) is 0 Å². The highest BCUT2D eigenvalue weighted by atomic mass is 14.7. The third kappa shape index (κ3) is 3.11. The van der Waals surface area contributed by atoms with E-state index in [1.54, 1.807) is 0 Å². The first-order valence-corrected chi connectivity index (χ1v) is 13.7. The van der Waals surface area contributed by atoms with Crippen molar-refractivity contribution in [2.24, 2.45) is 0 Å². The Morgan fingerprint density at radius 2 is 1.10 bits per heavy atom. The molecule has 1 heterocycles. The number of fused-ring (bicyclic) bond motifs is 6. The smallest absolute Gasteiger partial charge is 0.0745 e. The van der Waals surface area contributed by atoms with Crippen molar-refractivity contribution in [3.8, 4) is 33.5 Å². The molecule has 1 heteroatoms. The highest BCUT2D eigenvalue weighted by Crippen LogP contribution is 2.50. The van der Waals surface area contributed by atoms with Gasteiger partial charge in [-0.2, -0.15) is 0 Å². The van der Waals surface area contributed by atoms with Crippen LogP contribution in [0, 0.1) is 0 Å². The minimum Gasteiger partial charge on any atom is -0.256 e. The zero-order valence-electron chi connectivity index (χ0n) is 22.1. The first-order chi connectivity index (χ1) is 19.1. The van der Waals surface area contributed by atoms with Crippen LogP contribution < -0.4 is 0 Å². The molecule has 184 valence electrons. The van der Waals surface area contributed by atoms with E-state index in [1.807, 2.05) is 6.20 Å². The van der Waals surface area contributed by atoms with Crippen LogP contribution >= 0.6 is 0 Å². The van der Waals surface area contributed by atoms with E-state index in [-0.39, 0.29) is 5.41 Å². The highest BCUT2D eigenvalue weighted by molar-refractivity contribution is 6.23. The monoisotopic (exact) mass is 497 g/mol. The molecule has 0 amide bonds. The van der Waals surface area contributed by atoms with E-state index in [2.05, 4.69) is 135 Å². The van der Waals surface area contributed by atoms with E-state index in [4.69, 9.17) is 4.98 Å². The van der Waals surface area contributed by atoms with E-state index in [0.29, 0.717) is 0 Å². The lowest BCUT2D eigenvalue weighted by atomic mass is 9.80. The van der Waals surface area contributed by atoms with Crippen molar-refractivity contribution in [1.82, 2.24) is 4.98 Å². The van der Waals surface area contributed by atoms with Crippen LogP contribution in [0.1, 0.15) is 25.0 Å². The number of benzene rings is 6. The maximum Gasteiger partial charge on any atom is 0.0745 e. The predicted octanol–water partition coefficient (Wildman–Crippen LogP) is 10.2. The van der Waals surface area contributed by atoms with E-state index in [0.717, 1.165) is 5.69 Å². The van der Waals surface area contributed by atoms with Gasteiger partial charge >= 0.3 is 0 Å². The minimum atomic E-state index is -0.0938. The van der Waals surface area contributed by atoms with E-state index < -0.39 is 0 Å². The van der Waals surface area contributed by atoms with E-state index in [1.165, 1.54) is 71.3 Å². The number of hydrogen-bond donors (Lipinski definition) is 0. The van der Waals surface area contributed by atoms with Crippen LogP contribution in [-0.2, 0) is 5.41 Å². The molecule has 39 heavy (non-hydrogen) atoms. The van der Waals surface area contributed by atoms with Gasteiger partial charge in [-0.15, -0.1) is 0 Å². The summed E-state index contributed by atoms with van der Waals surface area (Å²) in [6, 6.07) is 44.5. The quantitative estimate of drug-likeness (QED) is 0.217. The summed E-state index contributed by atoms with van der Waals surface area (Å²) in [7, 11) is 0. The Bertz CT molecular complexity index is 2040. The molecule has 0 saturated heterocycles. The molecule has 0 fully saturated rings. The van der Waals surface area contributed by atoms with Crippen LogP contribution in [0.2, 0.25) is 0 Å². The molecule has 1 aliphatic rings. The number of pyridine rings is 1. The predicted molar refractivity (Wildman–Crippen MR) is 165 cm³/mol. The number of hydrogen-bond acceptors (Lipinski definition) is 1. The van der Waals surface area contributed by atoms with Crippen molar-refractivity contribution in [3.05, 3.63) is 139 Å². The first kappa shape index (κ1) is 22.3. The average molecular weight is 498 g/mol. The van der Waals surface area contributed by atoms with Gasteiger partial charge in [-0.1, -0.05) is 123 Å². The van der Waals surface area contributed by atoms with Gasteiger partial charge in [0.2, 0.25) is 0 Å². The second-order valence-electron chi connectivity index (χ2n) is 11.2. The van der Waals surface area contributed by atoms with Gasteiger partial charge in [-0.25, -0.2) is 0 Å². The van der Waals surface area contributed by atoms with Gasteiger partial charge in [-0.3, -0.25) is 4.98 Å². The maximum atomic E-state index is 4.77. The van der Waals surface area contributed by atoms with Gasteiger partial charge < -0.3 is 0 Å². The Kier molecular flexibility index (Phi) is 4.63. The third-order valence-corrected chi connectivity index (χ3v) is 8.71. The lowest BCUT2D eigenvalue weighted by Crippen LogP contribution is -2.15. The lowest BCUT2D eigenvalue weighted by Gasteiger charge is -2.23. The van der Waals surface area contributed by atoms with Gasteiger partial charge in [-0.05, 0) is 77.8 Å². The minimum absolute atomic E-state index is 0.0938. The molecule has 1 aromatic heterocycles. The zero-order valence-corrected chi connectivity index (χ0v) is 22.1. The Hall–Kier alpha value is -4.75. The van der Waals surface area contributed by atoms with E-state index >= 15 is 0 Å². The van der Waals surface area contributed by atoms with E-state index in [9.17, 15) is 0 Å². The summed E-state index contributed by atoms with van der Waals surface area (Å²) >= 11 is 0. The van der Waals surface area contributed by atoms with Gasteiger partial charge in [0.25, 0.3) is 0 Å². The van der Waals surface area contributed by atoms with Crippen molar-refractivity contribution in [3.63, 3.8) is 0 Å². The maximum absolute atomic E-state index is 4.77. The number of nitrogens with zero attached hydrogens (tertiary/aromatic N) is 1. The second-order valence-corrected chi connectivity index (χ2v) is 11.2. The molecule has 1 nitrogen and oxygen atoms in total. The molecule has 6 aromatic carbocycles. The first-order valence-electron chi connectivity index (χ1n) is 13.7. The van der Waals surface area contributed by atoms with Crippen LogP contribution in [0.15, 0.2) is 128 Å². The van der Waals surface area contributed by atoms with Crippen molar-refractivity contribution >= 4 is 32.3 Å². The Balaban J connectivity index is 1.47. The van der Waals surface area contributed by atoms with Gasteiger partial charge in [0.05, 0.1) is 5.69 Å².